The van der Waals surface area contributed by atoms with Gasteiger partial charge in [0.1, 0.15) is 24.7 Å². The fraction of sp³-hybridized carbons (Fsp3) is 0.378. The van der Waals surface area contributed by atoms with Crippen molar-refractivity contribution in [1.82, 2.24) is 0 Å². The van der Waals surface area contributed by atoms with Gasteiger partial charge in [-0.05, 0) is 65.9 Å². The second-order valence-corrected chi connectivity index (χ2v) is 11.1. The van der Waals surface area contributed by atoms with Crippen LogP contribution in [0, 0.1) is 5.92 Å². The third kappa shape index (κ3) is 12.7. The normalized spacial score (nSPS) is 11.7. The highest BCUT2D eigenvalue weighted by Crippen LogP contribution is 2.27. The maximum atomic E-state index is 12.7. The second kappa shape index (κ2) is 20.1. The molecule has 3 aromatic rings. The predicted octanol–water partition coefficient (Wildman–Crippen LogP) is 8.35. The summed E-state index contributed by atoms with van der Waals surface area (Å²) < 4.78 is 27.0. The molecule has 0 saturated heterocycles. The van der Waals surface area contributed by atoms with E-state index in [1.807, 2.05) is 50.2 Å². The van der Waals surface area contributed by atoms with Crippen LogP contribution in [0.15, 0.2) is 72.8 Å². The molecule has 1 atom stereocenters. The summed E-state index contributed by atoms with van der Waals surface area (Å²) in [5.41, 5.74) is 3.09. The van der Waals surface area contributed by atoms with Gasteiger partial charge in [-0.15, -0.1) is 0 Å². The Bertz CT molecular complexity index is 1420. The van der Waals surface area contributed by atoms with Crippen LogP contribution >= 0.6 is 11.6 Å². The molecular weight excluding hydrogens is 608 g/mol. The molecule has 0 aromatic heterocycles. The van der Waals surface area contributed by atoms with E-state index in [0.29, 0.717) is 18.1 Å². The van der Waals surface area contributed by atoms with Crippen LogP contribution in [0.2, 0.25) is 5.02 Å². The van der Waals surface area contributed by atoms with E-state index in [4.69, 9.17) is 35.3 Å². The van der Waals surface area contributed by atoms with Gasteiger partial charge in [0.15, 0.2) is 0 Å². The molecule has 0 fully saturated rings. The van der Waals surface area contributed by atoms with Crippen LogP contribution < -0.4 is 9.47 Å². The third-order valence-electron chi connectivity index (χ3n) is 7.10. The van der Waals surface area contributed by atoms with E-state index >= 15 is 0 Å². The minimum Gasteiger partial charge on any atom is -0.490 e. The van der Waals surface area contributed by atoms with Gasteiger partial charge in [0.05, 0.1) is 36.3 Å². The van der Waals surface area contributed by atoms with Gasteiger partial charge < -0.3 is 23.7 Å². The number of benzene rings is 3. The molecule has 1 unspecified atom stereocenters. The summed E-state index contributed by atoms with van der Waals surface area (Å²) in [6.07, 6.45) is 8.16. The first kappa shape index (κ1) is 36.3. The molecule has 0 radical (unpaired) electrons. The lowest BCUT2D eigenvalue weighted by molar-refractivity contribution is -0.149. The molecule has 0 saturated carbocycles. The average molecular weight is 651 g/mol. The highest BCUT2D eigenvalue weighted by Gasteiger charge is 2.13. The summed E-state index contributed by atoms with van der Waals surface area (Å²) in [5, 5.41) is 0.268. The Balaban J connectivity index is 1.42. The quantitative estimate of drug-likeness (QED) is 0.0553. The predicted molar refractivity (Wildman–Crippen MR) is 179 cm³/mol. The minimum atomic E-state index is -0.549. The van der Waals surface area contributed by atoms with Crippen LogP contribution in [0.25, 0.3) is 17.2 Å². The Morgan fingerprint density at radius 2 is 1.48 bits per heavy atom. The van der Waals surface area contributed by atoms with Gasteiger partial charge >= 0.3 is 17.9 Å². The molecule has 0 aliphatic heterocycles. The number of ether oxygens (including phenoxy) is 5. The third-order valence-corrected chi connectivity index (χ3v) is 7.40. The highest BCUT2D eigenvalue weighted by atomic mass is 35.5. The molecule has 0 spiro atoms. The van der Waals surface area contributed by atoms with Gasteiger partial charge in [-0.25, -0.2) is 9.59 Å². The Hall–Kier alpha value is -4.14. The molecule has 0 heterocycles. The molecule has 8 nitrogen and oxygen atoms in total. The van der Waals surface area contributed by atoms with Crippen molar-refractivity contribution in [3.8, 4) is 22.6 Å². The van der Waals surface area contributed by atoms with Crippen LogP contribution in [-0.2, 0) is 23.8 Å². The van der Waals surface area contributed by atoms with Crippen molar-refractivity contribution in [2.45, 2.75) is 52.9 Å². The smallest absolute Gasteiger partial charge is 0.343 e. The van der Waals surface area contributed by atoms with Gasteiger partial charge in [0, 0.05) is 6.08 Å². The highest BCUT2D eigenvalue weighted by molar-refractivity contribution is 6.32. The number of rotatable bonds is 19. The monoisotopic (exact) mass is 650 g/mol. The number of halogens is 1. The van der Waals surface area contributed by atoms with Gasteiger partial charge in [-0.2, -0.15) is 0 Å². The SMILES string of the molecule is CCCCCCOC(=O)/C=C/c1ccc(-c2ccc(OC(=O)c3ccc(OCCOCCOC(=O)C(C)CC)c(Cl)c3)cc2)cc1. The van der Waals surface area contributed by atoms with Crippen molar-refractivity contribution in [3.05, 3.63) is 89.0 Å². The lowest BCUT2D eigenvalue weighted by Crippen LogP contribution is -2.18. The molecule has 9 heteroatoms. The van der Waals surface area contributed by atoms with E-state index in [9.17, 15) is 14.4 Å². The molecule has 0 N–H and O–H groups in total. The zero-order valence-electron chi connectivity index (χ0n) is 26.8. The van der Waals surface area contributed by atoms with E-state index in [1.54, 1.807) is 30.3 Å². The number of unbranched alkanes of at least 4 members (excludes halogenated alkanes) is 3. The maximum Gasteiger partial charge on any atom is 0.343 e. The van der Waals surface area contributed by atoms with E-state index in [2.05, 4.69) is 6.92 Å². The van der Waals surface area contributed by atoms with Crippen LogP contribution in [0.3, 0.4) is 0 Å². The Kier molecular flexibility index (Phi) is 15.9. The summed E-state index contributed by atoms with van der Waals surface area (Å²) in [6, 6.07) is 19.6. The minimum absolute atomic E-state index is 0.125. The fourth-order valence-electron chi connectivity index (χ4n) is 4.15. The van der Waals surface area contributed by atoms with Crippen LogP contribution in [-0.4, -0.2) is 50.9 Å². The summed E-state index contributed by atoms with van der Waals surface area (Å²) in [7, 11) is 0. The number of carbonyl (C=O) groups excluding carboxylic acids is 3. The van der Waals surface area contributed by atoms with Gasteiger partial charge in [0.2, 0.25) is 0 Å². The van der Waals surface area contributed by atoms with Crippen molar-refractivity contribution in [1.29, 1.82) is 0 Å². The number of carbonyl (C=O) groups is 3. The van der Waals surface area contributed by atoms with E-state index < -0.39 is 5.97 Å². The first-order chi connectivity index (χ1) is 22.3. The second-order valence-electron chi connectivity index (χ2n) is 10.7. The molecule has 0 bridgehead atoms. The molecule has 3 aromatic carbocycles. The van der Waals surface area contributed by atoms with E-state index in [1.165, 1.54) is 12.1 Å². The first-order valence-electron chi connectivity index (χ1n) is 15.7. The maximum absolute atomic E-state index is 12.7. The lowest BCUT2D eigenvalue weighted by Gasteiger charge is -2.11. The Morgan fingerprint density at radius 3 is 2.15 bits per heavy atom. The number of hydrogen-bond acceptors (Lipinski definition) is 8. The van der Waals surface area contributed by atoms with Gasteiger partial charge in [0.25, 0.3) is 0 Å². The summed E-state index contributed by atoms with van der Waals surface area (Å²) in [5.74, 6) is -0.439. The summed E-state index contributed by atoms with van der Waals surface area (Å²) in [4.78, 5) is 36.3. The molecule has 0 aliphatic rings. The summed E-state index contributed by atoms with van der Waals surface area (Å²) >= 11 is 6.33. The molecule has 0 aliphatic carbocycles. The number of esters is 3. The van der Waals surface area contributed by atoms with Gasteiger partial charge in [-0.3, -0.25) is 4.79 Å². The van der Waals surface area contributed by atoms with Crippen molar-refractivity contribution >= 4 is 35.6 Å². The zero-order valence-corrected chi connectivity index (χ0v) is 27.6. The number of hydrogen-bond donors (Lipinski definition) is 0. The Labute approximate surface area is 276 Å². The van der Waals surface area contributed by atoms with Crippen molar-refractivity contribution < 1.29 is 38.1 Å². The van der Waals surface area contributed by atoms with Crippen molar-refractivity contribution in [3.63, 3.8) is 0 Å². The Morgan fingerprint density at radius 1 is 0.783 bits per heavy atom. The van der Waals surface area contributed by atoms with E-state index in [-0.39, 0.29) is 54.9 Å². The fourth-order valence-corrected chi connectivity index (χ4v) is 4.38. The lowest BCUT2D eigenvalue weighted by atomic mass is 10.0. The summed E-state index contributed by atoms with van der Waals surface area (Å²) in [6.45, 7) is 7.33. The molecule has 0 amide bonds. The van der Waals surface area contributed by atoms with E-state index in [0.717, 1.165) is 48.8 Å². The zero-order chi connectivity index (χ0) is 33.1. The molecule has 246 valence electrons. The van der Waals surface area contributed by atoms with Crippen molar-refractivity contribution in [2.75, 3.05) is 33.0 Å². The largest absolute Gasteiger partial charge is 0.490 e. The molecule has 46 heavy (non-hydrogen) atoms. The molecule has 3 rings (SSSR count). The average Bonchev–Trinajstić information content (AvgIpc) is 3.07. The van der Waals surface area contributed by atoms with Crippen molar-refractivity contribution in [2.24, 2.45) is 5.92 Å². The first-order valence-corrected chi connectivity index (χ1v) is 16.1. The van der Waals surface area contributed by atoms with Crippen LogP contribution in [0.1, 0.15) is 68.8 Å². The standard InChI is InChI=1S/C37H43ClO8/c1-4-6-7-8-21-44-35(39)20-11-28-9-12-29(13-10-28)30-14-17-32(18-15-30)46-37(41)31-16-19-34(33(38)26-31)43-24-22-42-23-25-45-36(40)27(3)5-2/h9-20,26-27H,4-8,21-25H2,1-3H3/b20-11+. The van der Waals surface area contributed by atoms with Crippen LogP contribution in [0.5, 0.6) is 11.5 Å². The van der Waals surface area contributed by atoms with Gasteiger partial charge in [-0.1, -0.05) is 88.0 Å². The van der Waals surface area contributed by atoms with Crippen LogP contribution in [0.4, 0.5) is 0 Å². The molecular formula is C37H43ClO8. The topological polar surface area (TPSA) is 97.4 Å².